The minimum Gasteiger partial charge on any atom is -0.468 e. The highest BCUT2D eigenvalue weighted by Crippen LogP contribution is 2.23. The Bertz CT molecular complexity index is 831. The molecule has 0 N–H and O–H groups in total. The molecule has 32 heavy (non-hydrogen) atoms. The lowest BCUT2D eigenvalue weighted by atomic mass is 9.93. The van der Waals surface area contributed by atoms with E-state index in [4.69, 9.17) is 4.42 Å². The van der Waals surface area contributed by atoms with Crippen LogP contribution in [-0.4, -0.2) is 66.9 Å². The van der Waals surface area contributed by atoms with Crippen LogP contribution in [0.1, 0.15) is 37.0 Å². The minimum atomic E-state index is -0.174. The lowest BCUT2D eigenvalue weighted by Gasteiger charge is -2.36. The molecule has 6 heteroatoms. The molecule has 0 bridgehead atoms. The maximum atomic E-state index is 13.1. The van der Waals surface area contributed by atoms with Gasteiger partial charge in [0.05, 0.1) is 18.7 Å². The van der Waals surface area contributed by atoms with E-state index in [-0.39, 0.29) is 11.7 Å². The molecule has 4 rings (SSSR count). The van der Waals surface area contributed by atoms with Gasteiger partial charge in [-0.2, -0.15) is 0 Å². The number of rotatable bonds is 8. The highest BCUT2D eigenvalue weighted by molar-refractivity contribution is 5.78. The Balaban J connectivity index is 1.17. The van der Waals surface area contributed by atoms with Gasteiger partial charge in [0.25, 0.3) is 0 Å². The van der Waals surface area contributed by atoms with Crippen LogP contribution in [-0.2, 0) is 17.8 Å². The van der Waals surface area contributed by atoms with Crippen LogP contribution in [0, 0.1) is 17.7 Å². The van der Waals surface area contributed by atoms with E-state index in [1.807, 2.05) is 36.2 Å². The fraction of sp³-hybridized carbons (Fsp3) is 0.577. The van der Waals surface area contributed by atoms with Crippen LogP contribution in [0.2, 0.25) is 0 Å². The van der Waals surface area contributed by atoms with E-state index in [1.54, 1.807) is 6.26 Å². The summed E-state index contributed by atoms with van der Waals surface area (Å²) in [7, 11) is 1.98. The van der Waals surface area contributed by atoms with Gasteiger partial charge in [0.15, 0.2) is 0 Å². The Morgan fingerprint density at radius 1 is 1.09 bits per heavy atom. The molecule has 1 aromatic carbocycles. The number of amides is 1. The van der Waals surface area contributed by atoms with Crippen LogP contribution in [0.4, 0.5) is 4.39 Å². The molecule has 2 saturated heterocycles. The molecular weight excluding hydrogens is 405 g/mol. The fourth-order valence-electron chi connectivity index (χ4n) is 5.14. The van der Waals surface area contributed by atoms with Crippen LogP contribution in [0.25, 0.3) is 0 Å². The summed E-state index contributed by atoms with van der Waals surface area (Å²) < 4.78 is 18.5. The topological polar surface area (TPSA) is 39.9 Å². The third kappa shape index (κ3) is 6.42. The van der Waals surface area contributed by atoms with E-state index in [9.17, 15) is 9.18 Å². The van der Waals surface area contributed by atoms with Crippen LogP contribution < -0.4 is 0 Å². The lowest BCUT2D eigenvalue weighted by molar-refractivity contribution is -0.137. The normalized spacial score (nSPS) is 21.0. The van der Waals surface area contributed by atoms with Gasteiger partial charge in [-0.1, -0.05) is 12.1 Å². The summed E-state index contributed by atoms with van der Waals surface area (Å²) in [5.74, 6) is 1.77. The quantitative estimate of drug-likeness (QED) is 0.620. The van der Waals surface area contributed by atoms with Gasteiger partial charge in [0.2, 0.25) is 5.91 Å². The summed E-state index contributed by atoms with van der Waals surface area (Å²) in [6.07, 6.45) is 6.99. The Hall–Kier alpha value is -2.18. The second-order valence-corrected chi connectivity index (χ2v) is 9.53. The highest BCUT2D eigenvalue weighted by Gasteiger charge is 2.30. The third-order valence-electron chi connectivity index (χ3n) is 7.06. The maximum Gasteiger partial charge on any atom is 0.226 e. The molecule has 2 fully saturated rings. The Kier molecular flexibility index (Phi) is 7.98. The number of carbonyl (C=O) groups excluding carboxylic acids is 1. The molecular formula is C26H36FN3O2. The average molecular weight is 442 g/mol. The van der Waals surface area contributed by atoms with E-state index in [0.29, 0.717) is 11.8 Å². The first-order valence-electron chi connectivity index (χ1n) is 12.0. The summed E-state index contributed by atoms with van der Waals surface area (Å²) >= 11 is 0. The van der Waals surface area contributed by atoms with Crippen molar-refractivity contribution < 1.29 is 13.6 Å². The molecule has 0 radical (unpaired) electrons. The number of piperidine rings is 2. The van der Waals surface area contributed by atoms with Crippen LogP contribution in [0.15, 0.2) is 47.1 Å². The predicted molar refractivity (Wildman–Crippen MR) is 124 cm³/mol. The van der Waals surface area contributed by atoms with Crippen LogP contribution in [0.3, 0.4) is 0 Å². The van der Waals surface area contributed by atoms with E-state index in [1.165, 1.54) is 17.7 Å². The maximum absolute atomic E-state index is 13.1. The smallest absolute Gasteiger partial charge is 0.226 e. The van der Waals surface area contributed by atoms with Crippen molar-refractivity contribution in [1.29, 1.82) is 0 Å². The van der Waals surface area contributed by atoms with Crippen LogP contribution in [0.5, 0.6) is 0 Å². The molecule has 3 heterocycles. The molecule has 174 valence electrons. The SMILES string of the molecule is CN(CC1CCN(CCc2ccc(F)cc2)CC1)C(=O)[C@H]1CCCN(Cc2ccco2)C1. The number of hydrogen-bond acceptors (Lipinski definition) is 4. The van der Waals surface area contributed by atoms with Crippen molar-refractivity contribution in [2.24, 2.45) is 11.8 Å². The molecule has 2 aromatic rings. The number of nitrogens with zero attached hydrogens (tertiary/aromatic N) is 3. The summed E-state index contributed by atoms with van der Waals surface area (Å²) in [5, 5.41) is 0. The molecule has 0 spiro atoms. The Morgan fingerprint density at radius 3 is 2.59 bits per heavy atom. The standard InChI is InChI=1S/C26H36FN3O2/c1-28(26(31)23-4-2-13-30(19-23)20-25-5-3-17-32-25)18-22-11-15-29(16-12-22)14-10-21-6-8-24(27)9-7-21/h3,5-9,17,22-23H,2,4,10-16,18-20H2,1H3/t23-/m0/s1. The fourth-order valence-corrected chi connectivity index (χ4v) is 5.14. The van der Waals surface area contributed by atoms with Crippen molar-refractivity contribution in [2.75, 3.05) is 46.3 Å². The monoisotopic (exact) mass is 441 g/mol. The van der Waals surface area contributed by atoms with E-state index >= 15 is 0 Å². The predicted octanol–water partition coefficient (Wildman–Crippen LogP) is 4.04. The summed E-state index contributed by atoms with van der Waals surface area (Å²) in [6.45, 7) is 6.68. The van der Waals surface area contributed by atoms with Gasteiger partial charge in [-0.15, -0.1) is 0 Å². The summed E-state index contributed by atoms with van der Waals surface area (Å²) in [6, 6.07) is 10.8. The van der Waals surface area contributed by atoms with E-state index in [0.717, 1.165) is 83.7 Å². The second kappa shape index (κ2) is 11.1. The average Bonchev–Trinajstić information content (AvgIpc) is 3.32. The number of likely N-dealkylation sites (tertiary alicyclic amines) is 2. The van der Waals surface area contributed by atoms with Gasteiger partial charge in [-0.25, -0.2) is 4.39 Å². The molecule has 1 amide bonds. The zero-order valence-corrected chi connectivity index (χ0v) is 19.2. The first-order chi connectivity index (χ1) is 15.6. The number of carbonyl (C=O) groups is 1. The highest BCUT2D eigenvalue weighted by atomic mass is 19.1. The molecule has 1 aromatic heterocycles. The molecule has 0 saturated carbocycles. The molecule has 2 aliphatic rings. The Morgan fingerprint density at radius 2 is 1.88 bits per heavy atom. The zero-order chi connectivity index (χ0) is 22.3. The van der Waals surface area contributed by atoms with Gasteiger partial charge in [-0.3, -0.25) is 9.69 Å². The van der Waals surface area contributed by atoms with Crippen molar-refractivity contribution in [2.45, 2.75) is 38.6 Å². The molecule has 0 unspecified atom stereocenters. The van der Waals surface area contributed by atoms with Gasteiger partial charge in [0, 0.05) is 26.7 Å². The number of furan rings is 1. The number of benzene rings is 1. The van der Waals surface area contributed by atoms with Gasteiger partial charge in [0.1, 0.15) is 11.6 Å². The second-order valence-electron chi connectivity index (χ2n) is 9.53. The third-order valence-corrected chi connectivity index (χ3v) is 7.06. The zero-order valence-electron chi connectivity index (χ0n) is 19.2. The van der Waals surface area contributed by atoms with Crippen LogP contribution >= 0.6 is 0 Å². The minimum absolute atomic E-state index is 0.0968. The van der Waals surface area contributed by atoms with Crippen molar-refractivity contribution in [3.63, 3.8) is 0 Å². The van der Waals surface area contributed by atoms with Gasteiger partial charge in [-0.05, 0) is 87.5 Å². The van der Waals surface area contributed by atoms with Crippen molar-refractivity contribution in [1.82, 2.24) is 14.7 Å². The first kappa shape index (κ1) is 23.0. The lowest BCUT2D eigenvalue weighted by Crippen LogP contribution is -2.45. The molecule has 1 atom stereocenters. The largest absolute Gasteiger partial charge is 0.468 e. The van der Waals surface area contributed by atoms with Crippen molar-refractivity contribution >= 4 is 5.91 Å². The Labute approximate surface area is 191 Å². The van der Waals surface area contributed by atoms with Gasteiger partial charge < -0.3 is 14.2 Å². The van der Waals surface area contributed by atoms with Crippen molar-refractivity contribution in [3.8, 4) is 0 Å². The number of halogens is 1. The van der Waals surface area contributed by atoms with E-state index < -0.39 is 0 Å². The van der Waals surface area contributed by atoms with Crippen molar-refractivity contribution in [3.05, 3.63) is 59.8 Å². The number of hydrogen-bond donors (Lipinski definition) is 0. The van der Waals surface area contributed by atoms with Gasteiger partial charge >= 0.3 is 0 Å². The van der Waals surface area contributed by atoms with E-state index in [2.05, 4.69) is 9.80 Å². The summed E-state index contributed by atoms with van der Waals surface area (Å²) in [4.78, 5) is 19.9. The molecule has 2 aliphatic heterocycles. The summed E-state index contributed by atoms with van der Waals surface area (Å²) in [5.41, 5.74) is 1.19. The first-order valence-corrected chi connectivity index (χ1v) is 12.0. The molecule has 0 aliphatic carbocycles. The molecule has 5 nitrogen and oxygen atoms in total.